The SMILES string of the molecule is NCC1OC(=O)CC12CCCCC2. The van der Waals surface area contributed by atoms with Crippen molar-refractivity contribution in [1.82, 2.24) is 0 Å². The van der Waals surface area contributed by atoms with Gasteiger partial charge >= 0.3 is 5.97 Å². The molecule has 0 aromatic heterocycles. The van der Waals surface area contributed by atoms with Gasteiger partial charge in [-0.1, -0.05) is 19.3 Å². The molecule has 0 aromatic rings. The van der Waals surface area contributed by atoms with Gasteiger partial charge < -0.3 is 10.5 Å². The molecule has 0 aromatic carbocycles. The highest BCUT2D eigenvalue weighted by Gasteiger charge is 2.48. The van der Waals surface area contributed by atoms with Gasteiger partial charge in [-0.3, -0.25) is 4.79 Å². The van der Waals surface area contributed by atoms with Crippen LogP contribution < -0.4 is 5.73 Å². The predicted octanol–water partition coefficient (Wildman–Crippen LogP) is 1.21. The van der Waals surface area contributed by atoms with Gasteiger partial charge in [-0.15, -0.1) is 0 Å². The lowest BCUT2D eigenvalue weighted by molar-refractivity contribution is -0.141. The van der Waals surface area contributed by atoms with Gasteiger partial charge in [-0.2, -0.15) is 0 Å². The molecule has 0 bridgehead atoms. The summed E-state index contributed by atoms with van der Waals surface area (Å²) >= 11 is 0. The van der Waals surface area contributed by atoms with Crippen molar-refractivity contribution in [1.29, 1.82) is 0 Å². The highest BCUT2D eigenvalue weighted by atomic mass is 16.6. The zero-order valence-corrected chi connectivity index (χ0v) is 7.92. The van der Waals surface area contributed by atoms with Crippen molar-refractivity contribution in [2.45, 2.75) is 44.6 Å². The molecule has 1 heterocycles. The van der Waals surface area contributed by atoms with Crippen LogP contribution in [0.5, 0.6) is 0 Å². The molecule has 3 nitrogen and oxygen atoms in total. The third kappa shape index (κ3) is 1.46. The van der Waals surface area contributed by atoms with Crippen LogP contribution in [0.2, 0.25) is 0 Å². The van der Waals surface area contributed by atoms with Crippen molar-refractivity contribution in [3.63, 3.8) is 0 Å². The average Bonchev–Trinajstić information content (AvgIpc) is 2.43. The Morgan fingerprint density at radius 1 is 1.38 bits per heavy atom. The van der Waals surface area contributed by atoms with E-state index >= 15 is 0 Å². The fourth-order valence-corrected chi connectivity index (χ4v) is 2.78. The van der Waals surface area contributed by atoms with Crippen LogP contribution in [0.4, 0.5) is 0 Å². The summed E-state index contributed by atoms with van der Waals surface area (Å²) in [5.74, 6) is -0.0441. The van der Waals surface area contributed by atoms with E-state index in [1.54, 1.807) is 0 Å². The minimum Gasteiger partial charge on any atom is -0.460 e. The van der Waals surface area contributed by atoms with E-state index in [1.165, 1.54) is 19.3 Å². The topological polar surface area (TPSA) is 52.3 Å². The zero-order chi connectivity index (χ0) is 9.31. The predicted molar refractivity (Wildman–Crippen MR) is 49.1 cm³/mol. The lowest BCUT2D eigenvalue weighted by Gasteiger charge is -2.35. The smallest absolute Gasteiger partial charge is 0.306 e. The number of carbonyl (C=O) groups is 1. The van der Waals surface area contributed by atoms with Gasteiger partial charge in [0.1, 0.15) is 6.10 Å². The van der Waals surface area contributed by atoms with Crippen LogP contribution in [0.3, 0.4) is 0 Å². The van der Waals surface area contributed by atoms with Crippen LogP contribution in [0.25, 0.3) is 0 Å². The van der Waals surface area contributed by atoms with E-state index in [0.717, 1.165) is 12.8 Å². The maximum absolute atomic E-state index is 11.2. The largest absolute Gasteiger partial charge is 0.460 e. The number of carbonyl (C=O) groups excluding carboxylic acids is 1. The van der Waals surface area contributed by atoms with E-state index in [9.17, 15) is 4.79 Å². The summed E-state index contributed by atoms with van der Waals surface area (Å²) in [7, 11) is 0. The fraction of sp³-hybridized carbons (Fsp3) is 0.900. The molecule has 1 aliphatic carbocycles. The Bertz CT molecular complexity index is 209. The zero-order valence-electron chi connectivity index (χ0n) is 7.92. The van der Waals surface area contributed by atoms with Crippen molar-refractivity contribution in [2.24, 2.45) is 11.1 Å². The van der Waals surface area contributed by atoms with Gasteiger partial charge in [0.05, 0.1) is 6.42 Å². The third-order valence-corrected chi connectivity index (χ3v) is 3.52. The molecule has 2 fully saturated rings. The third-order valence-electron chi connectivity index (χ3n) is 3.52. The molecule has 3 heteroatoms. The number of hydrogen-bond acceptors (Lipinski definition) is 3. The first-order valence-corrected chi connectivity index (χ1v) is 5.16. The van der Waals surface area contributed by atoms with Crippen LogP contribution in [-0.2, 0) is 9.53 Å². The first-order valence-electron chi connectivity index (χ1n) is 5.16. The second kappa shape index (κ2) is 3.29. The first-order chi connectivity index (χ1) is 6.27. The molecule has 0 radical (unpaired) electrons. The van der Waals surface area contributed by atoms with E-state index in [-0.39, 0.29) is 17.5 Å². The Labute approximate surface area is 78.6 Å². The molecule has 74 valence electrons. The van der Waals surface area contributed by atoms with Crippen LogP contribution in [0, 0.1) is 5.41 Å². The minimum absolute atomic E-state index is 0.000278. The molecule has 2 rings (SSSR count). The Balaban J connectivity index is 2.13. The van der Waals surface area contributed by atoms with Gasteiger partial charge in [-0.05, 0) is 12.8 Å². The Kier molecular flexibility index (Phi) is 2.28. The number of hydrogen-bond donors (Lipinski definition) is 1. The number of ether oxygens (including phenoxy) is 1. The maximum atomic E-state index is 11.2. The van der Waals surface area contributed by atoms with E-state index in [0.29, 0.717) is 13.0 Å². The molecule has 1 aliphatic heterocycles. The lowest BCUT2D eigenvalue weighted by Crippen LogP contribution is -2.38. The standard InChI is InChI=1S/C10H17NO2/c11-7-8-10(6-9(12)13-8)4-2-1-3-5-10/h8H,1-7,11H2. The van der Waals surface area contributed by atoms with Gasteiger partial charge in [0.2, 0.25) is 0 Å². The second-order valence-corrected chi connectivity index (χ2v) is 4.31. The van der Waals surface area contributed by atoms with E-state index in [2.05, 4.69) is 0 Å². The van der Waals surface area contributed by atoms with Gasteiger partial charge in [-0.25, -0.2) is 0 Å². The monoisotopic (exact) mass is 183 g/mol. The van der Waals surface area contributed by atoms with Crippen molar-refractivity contribution in [3.8, 4) is 0 Å². The molecular weight excluding hydrogens is 166 g/mol. The Hall–Kier alpha value is -0.570. The molecule has 2 N–H and O–H groups in total. The summed E-state index contributed by atoms with van der Waals surface area (Å²) < 4.78 is 5.24. The van der Waals surface area contributed by atoms with Crippen molar-refractivity contribution >= 4 is 5.97 Å². The number of esters is 1. The van der Waals surface area contributed by atoms with E-state index in [1.807, 2.05) is 0 Å². The molecule has 1 unspecified atom stereocenters. The highest BCUT2D eigenvalue weighted by Crippen LogP contribution is 2.47. The number of rotatable bonds is 1. The highest BCUT2D eigenvalue weighted by molar-refractivity contribution is 5.73. The summed E-state index contributed by atoms with van der Waals surface area (Å²) in [6, 6.07) is 0. The second-order valence-electron chi connectivity index (χ2n) is 4.31. The summed E-state index contributed by atoms with van der Waals surface area (Å²) in [4.78, 5) is 11.2. The van der Waals surface area contributed by atoms with Gasteiger partial charge in [0, 0.05) is 12.0 Å². The van der Waals surface area contributed by atoms with Crippen LogP contribution in [0.15, 0.2) is 0 Å². The average molecular weight is 183 g/mol. The summed E-state index contributed by atoms with van der Waals surface area (Å²) in [5, 5.41) is 0. The summed E-state index contributed by atoms with van der Waals surface area (Å²) in [6.07, 6.45) is 6.61. The summed E-state index contributed by atoms with van der Waals surface area (Å²) in [5.41, 5.74) is 5.74. The molecule has 13 heavy (non-hydrogen) atoms. The van der Waals surface area contributed by atoms with E-state index < -0.39 is 0 Å². The lowest BCUT2D eigenvalue weighted by atomic mass is 9.69. The van der Waals surface area contributed by atoms with Crippen LogP contribution >= 0.6 is 0 Å². The normalized spacial score (nSPS) is 32.1. The number of nitrogens with two attached hydrogens (primary N) is 1. The quantitative estimate of drug-likeness (QED) is 0.622. The van der Waals surface area contributed by atoms with E-state index in [4.69, 9.17) is 10.5 Å². The maximum Gasteiger partial charge on any atom is 0.306 e. The van der Waals surface area contributed by atoms with Crippen LogP contribution in [0.1, 0.15) is 38.5 Å². The molecule has 1 atom stereocenters. The molecule has 2 aliphatic rings. The number of cyclic esters (lactones) is 1. The van der Waals surface area contributed by atoms with Gasteiger partial charge in [0.25, 0.3) is 0 Å². The fourth-order valence-electron chi connectivity index (χ4n) is 2.78. The van der Waals surface area contributed by atoms with Crippen molar-refractivity contribution in [3.05, 3.63) is 0 Å². The molecule has 1 saturated heterocycles. The molecule has 0 amide bonds. The Morgan fingerprint density at radius 3 is 2.69 bits per heavy atom. The molecular formula is C10H17NO2. The molecule has 1 spiro atoms. The summed E-state index contributed by atoms with van der Waals surface area (Å²) in [6.45, 7) is 0.492. The van der Waals surface area contributed by atoms with Crippen molar-refractivity contribution < 1.29 is 9.53 Å². The van der Waals surface area contributed by atoms with Crippen LogP contribution in [-0.4, -0.2) is 18.6 Å². The minimum atomic E-state index is -0.0441. The first kappa shape index (κ1) is 9.00. The Morgan fingerprint density at radius 2 is 2.08 bits per heavy atom. The molecule has 1 saturated carbocycles. The van der Waals surface area contributed by atoms with Gasteiger partial charge in [0.15, 0.2) is 0 Å². The van der Waals surface area contributed by atoms with Crippen molar-refractivity contribution in [2.75, 3.05) is 6.54 Å².